The molecule has 1 aliphatic heterocycles. The number of nitrogens with zero attached hydrogens (tertiary/aromatic N) is 3. The van der Waals surface area contributed by atoms with Crippen LogP contribution in [-0.2, 0) is 11.0 Å². The second-order valence-corrected chi connectivity index (χ2v) is 5.66. The van der Waals surface area contributed by atoms with Gasteiger partial charge in [-0.3, -0.25) is 9.59 Å². The minimum absolute atomic E-state index is 0.238. The third-order valence-corrected chi connectivity index (χ3v) is 4.00. The molecule has 0 aliphatic carbocycles. The molecule has 3 rings (SSSR count). The van der Waals surface area contributed by atoms with E-state index < -0.39 is 17.9 Å². The normalized spacial score (nSPS) is 18.2. The molecule has 1 unspecified atom stereocenters. The third-order valence-electron chi connectivity index (χ3n) is 4.00. The number of hydrogen-bond acceptors (Lipinski definition) is 3. The average molecular weight is 352 g/mol. The number of rotatable bonds is 2. The monoisotopic (exact) mass is 352 g/mol. The first-order valence-electron chi connectivity index (χ1n) is 7.59. The fourth-order valence-corrected chi connectivity index (χ4v) is 2.63. The third kappa shape index (κ3) is 3.35. The number of alkyl halides is 3. The van der Waals surface area contributed by atoms with Crippen molar-refractivity contribution in [3.8, 4) is 5.69 Å². The Morgan fingerprint density at radius 1 is 1.32 bits per heavy atom. The van der Waals surface area contributed by atoms with Crippen LogP contribution in [0.2, 0.25) is 0 Å². The topological polar surface area (TPSA) is 67.2 Å². The van der Waals surface area contributed by atoms with E-state index in [0.717, 1.165) is 10.7 Å². The van der Waals surface area contributed by atoms with Gasteiger partial charge in [0.25, 0.3) is 5.91 Å². The lowest BCUT2D eigenvalue weighted by molar-refractivity contribution is -0.141. The summed E-state index contributed by atoms with van der Waals surface area (Å²) in [5.41, 5.74) is -0.399. The number of aromatic nitrogens is 2. The molecule has 1 aliphatic rings. The Morgan fingerprint density at radius 3 is 2.76 bits per heavy atom. The van der Waals surface area contributed by atoms with E-state index in [0.29, 0.717) is 18.8 Å². The van der Waals surface area contributed by atoms with Crippen molar-refractivity contribution >= 4 is 11.8 Å². The van der Waals surface area contributed by atoms with Crippen LogP contribution in [0.1, 0.15) is 23.0 Å². The molecule has 0 radical (unpaired) electrons. The lowest BCUT2D eigenvalue weighted by Crippen LogP contribution is -2.55. The molecule has 2 aromatic rings. The van der Waals surface area contributed by atoms with Gasteiger partial charge in [0, 0.05) is 24.8 Å². The Kier molecular flexibility index (Phi) is 4.23. The number of carbonyl (C=O) groups excluding carboxylic acids is 2. The lowest BCUT2D eigenvalue weighted by atomic mass is 10.1. The van der Waals surface area contributed by atoms with Crippen LogP contribution in [0.15, 0.2) is 36.5 Å². The van der Waals surface area contributed by atoms with Gasteiger partial charge in [0.15, 0.2) is 5.69 Å². The Morgan fingerprint density at radius 2 is 2.08 bits per heavy atom. The lowest BCUT2D eigenvalue weighted by Gasteiger charge is -2.32. The molecule has 1 N–H and O–H groups in total. The van der Waals surface area contributed by atoms with Crippen molar-refractivity contribution in [2.75, 3.05) is 13.1 Å². The highest BCUT2D eigenvalue weighted by Gasteiger charge is 2.34. The molecule has 1 saturated heterocycles. The number of hydrogen-bond donors (Lipinski definition) is 1. The summed E-state index contributed by atoms with van der Waals surface area (Å²) in [5.74, 6) is -0.593. The summed E-state index contributed by atoms with van der Waals surface area (Å²) in [7, 11) is 0. The fraction of sp³-hybridized carbons (Fsp3) is 0.312. The number of benzene rings is 1. The van der Waals surface area contributed by atoms with Gasteiger partial charge in [0.05, 0.1) is 5.69 Å². The molecule has 9 heteroatoms. The predicted molar refractivity (Wildman–Crippen MR) is 82.1 cm³/mol. The maximum Gasteiger partial charge on any atom is 0.435 e. The maximum atomic E-state index is 12.7. The number of carbonyl (C=O) groups is 2. The average Bonchev–Trinajstić information content (AvgIpc) is 3.07. The van der Waals surface area contributed by atoms with Crippen LogP contribution in [-0.4, -0.2) is 45.6 Å². The van der Waals surface area contributed by atoms with E-state index in [1.807, 2.05) is 0 Å². The first-order valence-corrected chi connectivity index (χ1v) is 7.59. The van der Waals surface area contributed by atoms with Crippen LogP contribution in [0.3, 0.4) is 0 Å². The smallest absolute Gasteiger partial charge is 0.353 e. The highest BCUT2D eigenvalue weighted by atomic mass is 19.4. The Balaban J connectivity index is 1.87. The largest absolute Gasteiger partial charge is 0.435 e. The van der Waals surface area contributed by atoms with Crippen LogP contribution in [0.4, 0.5) is 13.2 Å². The number of nitrogens with one attached hydrogen (secondary N) is 1. The zero-order valence-corrected chi connectivity index (χ0v) is 13.2. The van der Waals surface area contributed by atoms with Gasteiger partial charge in [-0.2, -0.15) is 18.3 Å². The van der Waals surface area contributed by atoms with Gasteiger partial charge in [0.1, 0.15) is 6.04 Å². The molecule has 1 aromatic carbocycles. The van der Waals surface area contributed by atoms with Crippen molar-refractivity contribution in [2.45, 2.75) is 19.1 Å². The summed E-state index contributed by atoms with van der Waals surface area (Å²) >= 11 is 0. The first-order chi connectivity index (χ1) is 11.8. The minimum atomic E-state index is -4.53. The van der Waals surface area contributed by atoms with E-state index in [2.05, 4.69) is 10.4 Å². The van der Waals surface area contributed by atoms with Gasteiger partial charge in [-0.1, -0.05) is 6.07 Å². The maximum absolute atomic E-state index is 12.7. The standard InChI is InChI=1S/C16H15F3N4O2/c1-10-14(24)20-6-8-22(10)15(25)11-3-2-4-12(9-11)23-7-5-13(21-23)16(17,18)19/h2-5,7,9-10H,6,8H2,1H3,(H,20,24). The molecular formula is C16H15F3N4O2. The highest BCUT2D eigenvalue weighted by molar-refractivity contribution is 5.98. The van der Waals surface area contributed by atoms with Crippen molar-refractivity contribution in [1.82, 2.24) is 20.0 Å². The van der Waals surface area contributed by atoms with Crippen LogP contribution < -0.4 is 5.32 Å². The quantitative estimate of drug-likeness (QED) is 0.897. The molecule has 6 nitrogen and oxygen atoms in total. The van der Waals surface area contributed by atoms with E-state index in [1.54, 1.807) is 25.1 Å². The minimum Gasteiger partial charge on any atom is -0.353 e. The van der Waals surface area contributed by atoms with Gasteiger partial charge in [-0.05, 0) is 31.2 Å². The van der Waals surface area contributed by atoms with E-state index in [9.17, 15) is 22.8 Å². The molecule has 2 amide bonds. The van der Waals surface area contributed by atoms with Gasteiger partial charge >= 0.3 is 6.18 Å². The van der Waals surface area contributed by atoms with Gasteiger partial charge in [-0.15, -0.1) is 0 Å². The molecule has 132 valence electrons. The van der Waals surface area contributed by atoms with Crippen molar-refractivity contribution in [1.29, 1.82) is 0 Å². The second kappa shape index (κ2) is 6.23. The molecule has 0 spiro atoms. The zero-order valence-electron chi connectivity index (χ0n) is 13.2. The van der Waals surface area contributed by atoms with E-state index >= 15 is 0 Å². The number of piperazine rings is 1. The predicted octanol–water partition coefficient (Wildman–Crippen LogP) is 1.85. The van der Waals surface area contributed by atoms with Gasteiger partial charge in [0.2, 0.25) is 5.91 Å². The van der Waals surface area contributed by atoms with Crippen LogP contribution in [0.25, 0.3) is 5.69 Å². The van der Waals surface area contributed by atoms with Crippen LogP contribution >= 0.6 is 0 Å². The number of halogens is 3. The van der Waals surface area contributed by atoms with Crippen LogP contribution in [0.5, 0.6) is 0 Å². The van der Waals surface area contributed by atoms with E-state index in [4.69, 9.17) is 0 Å². The van der Waals surface area contributed by atoms with Crippen molar-refractivity contribution in [2.24, 2.45) is 0 Å². The summed E-state index contributed by atoms with van der Waals surface area (Å²) in [6.45, 7) is 2.36. The van der Waals surface area contributed by atoms with Crippen molar-refractivity contribution < 1.29 is 22.8 Å². The summed E-state index contributed by atoms with van der Waals surface area (Å²) in [5, 5.41) is 6.16. The van der Waals surface area contributed by atoms with Gasteiger partial charge < -0.3 is 10.2 Å². The Hall–Kier alpha value is -2.84. The zero-order chi connectivity index (χ0) is 18.2. The van der Waals surface area contributed by atoms with E-state index in [-0.39, 0.29) is 17.4 Å². The highest BCUT2D eigenvalue weighted by Crippen LogP contribution is 2.28. The molecule has 0 bridgehead atoms. The Labute approximate surface area is 141 Å². The molecular weight excluding hydrogens is 337 g/mol. The molecule has 2 heterocycles. The molecule has 1 aromatic heterocycles. The van der Waals surface area contributed by atoms with Crippen molar-refractivity contribution in [3.63, 3.8) is 0 Å². The fourth-order valence-electron chi connectivity index (χ4n) is 2.63. The first kappa shape index (κ1) is 17.0. The summed E-state index contributed by atoms with van der Waals surface area (Å²) < 4.78 is 39.1. The summed E-state index contributed by atoms with van der Waals surface area (Å²) in [4.78, 5) is 25.8. The van der Waals surface area contributed by atoms with Crippen LogP contribution in [0, 0.1) is 0 Å². The molecule has 1 fully saturated rings. The van der Waals surface area contributed by atoms with Gasteiger partial charge in [-0.25, -0.2) is 4.68 Å². The summed E-state index contributed by atoms with van der Waals surface area (Å²) in [6, 6.07) is 6.38. The Bertz CT molecular complexity index is 816. The summed E-state index contributed by atoms with van der Waals surface area (Å²) in [6.07, 6.45) is -3.35. The second-order valence-electron chi connectivity index (χ2n) is 5.66. The molecule has 1 atom stereocenters. The van der Waals surface area contributed by atoms with E-state index in [1.165, 1.54) is 17.2 Å². The number of amides is 2. The SMILES string of the molecule is CC1C(=O)NCCN1C(=O)c1cccc(-n2ccc(C(F)(F)F)n2)c1. The van der Waals surface area contributed by atoms with Crippen molar-refractivity contribution in [3.05, 3.63) is 47.8 Å². The molecule has 0 saturated carbocycles. The molecule has 25 heavy (non-hydrogen) atoms.